The third-order valence-electron chi connectivity index (χ3n) is 1.01. The fourth-order valence-corrected chi connectivity index (χ4v) is 0.690. The van der Waals surface area contributed by atoms with Crippen LogP contribution in [0.15, 0.2) is 17.1 Å². The lowest BCUT2D eigenvalue weighted by Crippen LogP contribution is -2.03. The van der Waals surface area contributed by atoms with Crippen LogP contribution in [0.3, 0.4) is 0 Å². The van der Waals surface area contributed by atoms with Gasteiger partial charge in [0.15, 0.2) is 0 Å². The van der Waals surface area contributed by atoms with Crippen LogP contribution in [0.2, 0.25) is 0 Å². The standard InChI is InChI=1S/C8H15NO/c1-4-6-8(7-10-3)9-5-2/h4,6H,5,7H2,1-3H3/b6-4-,9-8?. The molecule has 0 N–H and O–H groups in total. The zero-order valence-corrected chi connectivity index (χ0v) is 6.92. The number of allylic oxidation sites excluding steroid dienone is 1. The maximum absolute atomic E-state index is 4.93. The molecule has 0 fully saturated rings. The highest BCUT2D eigenvalue weighted by Gasteiger charge is 1.88. The normalized spacial score (nSPS) is 12.9. The Bertz CT molecular complexity index is 127. The maximum atomic E-state index is 4.93. The minimum absolute atomic E-state index is 0.609. The fourth-order valence-electron chi connectivity index (χ4n) is 0.690. The van der Waals surface area contributed by atoms with Crippen LogP contribution in [-0.4, -0.2) is 26.0 Å². The Hall–Kier alpha value is -0.630. The van der Waals surface area contributed by atoms with Crippen molar-refractivity contribution in [2.24, 2.45) is 4.99 Å². The van der Waals surface area contributed by atoms with Gasteiger partial charge in [0.05, 0.1) is 12.3 Å². The van der Waals surface area contributed by atoms with E-state index in [0.717, 1.165) is 12.3 Å². The Labute approximate surface area is 62.6 Å². The van der Waals surface area contributed by atoms with Gasteiger partial charge in [0, 0.05) is 13.7 Å². The first-order valence-electron chi connectivity index (χ1n) is 3.50. The molecule has 0 spiro atoms. The van der Waals surface area contributed by atoms with Crippen molar-refractivity contribution in [3.63, 3.8) is 0 Å². The first-order chi connectivity index (χ1) is 4.85. The predicted octanol–water partition coefficient (Wildman–Crippen LogP) is 1.67. The van der Waals surface area contributed by atoms with Crippen molar-refractivity contribution >= 4 is 5.71 Å². The number of aliphatic imine (C=N–C) groups is 1. The summed E-state index contributed by atoms with van der Waals surface area (Å²) in [5.74, 6) is 0. The third kappa shape index (κ3) is 4.27. The van der Waals surface area contributed by atoms with Crippen LogP contribution >= 0.6 is 0 Å². The Morgan fingerprint density at radius 2 is 2.30 bits per heavy atom. The van der Waals surface area contributed by atoms with E-state index in [1.54, 1.807) is 7.11 Å². The molecule has 0 rings (SSSR count). The number of ether oxygens (including phenoxy) is 1. The van der Waals surface area contributed by atoms with E-state index < -0.39 is 0 Å². The van der Waals surface area contributed by atoms with Crippen molar-refractivity contribution in [3.05, 3.63) is 12.2 Å². The average molecular weight is 141 g/mol. The smallest absolute Gasteiger partial charge is 0.0879 e. The summed E-state index contributed by atoms with van der Waals surface area (Å²) < 4.78 is 4.93. The summed E-state index contributed by atoms with van der Waals surface area (Å²) in [6.45, 7) is 5.42. The van der Waals surface area contributed by atoms with Crippen LogP contribution in [0.4, 0.5) is 0 Å². The lowest BCUT2D eigenvalue weighted by atomic mass is 10.3. The molecule has 0 aromatic rings. The van der Waals surface area contributed by atoms with E-state index >= 15 is 0 Å². The zero-order valence-electron chi connectivity index (χ0n) is 6.92. The van der Waals surface area contributed by atoms with Crippen LogP contribution in [-0.2, 0) is 4.74 Å². The van der Waals surface area contributed by atoms with Crippen LogP contribution in [0, 0.1) is 0 Å². The summed E-state index contributed by atoms with van der Waals surface area (Å²) in [7, 11) is 1.68. The molecule has 58 valence electrons. The van der Waals surface area contributed by atoms with Crippen molar-refractivity contribution < 1.29 is 4.74 Å². The van der Waals surface area contributed by atoms with Gasteiger partial charge >= 0.3 is 0 Å². The molecule has 0 aromatic heterocycles. The first kappa shape index (κ1) is 9.37. The molecule has 0 radical (unpaired) electrons. The second-order valence-corrected chi connectivity index (χ2v) is 1.90. The molecule has 0 aliphatic rings. The molecule has 0 heterocycles. The van der Waals surface area contributed by atoms with Gasteiger partial charge in [0.2, 0.25) is 0 Å². The van der Waals surface area contributed by atoms with E-state index in [2.05, 4.69) is 4.99 Å². The minimum Gasteiger partial charge on any atom is -0.378 e. The molecular formula is C8H15NO. The molecule has 0 atom stereocenters. The van der Waals surface area contributed by atoms with E-state index in [9.17, 15) is 0 Å². The topological polar surface area (TPSA) is 21.6 Å². The average Bonchev–Trinajstić information content (AvgIpc) is 1.90. The summed E-state index contributed by atoms with van der Waals surface area (Å²) in [6.07, 6.45) is 3.93. The van der Waals surface area contributed by atoms with E-state index in [1.807, 2.05) is 26.0 Å². The van der Waals surface area contributed by atoms with Gasteiger partial charge in [-0.1, -0.05) is 6.08 Å². The molecule has 0 unspecified atom stereocenters. The highest BCUT2D eigenvalue weighted by Crippen LogP contribution is 1.83. The second-order valence-electron chi connectivity index (χ2n) is 1.90. The lowest BCUT2D eigenvalue weighted by Gasteiger charge is -1.96. The van der Waals surface area contributed by atoms with Gasteiger partial charge in [-0.2, -0.15) is 0 Å². The molecule has 2 heteroatoms. The Morgan fingerprint density at radius 3 is 2.70 bits per heavy atom. The molecule has 0 bridgehead atoms. The van der Waals surface area contributed by atoms with Crippen molar-refractivity contribution in [3.8, 4) is 0 Å². The molecule has 0 aromatic carbocycles. The van der Waals surface area contributed by atoms with Crippen LogP contribution in [0.5, 0.6) is 0 Å². The molecule has 0 aliphatic heterocycles. The van der Waals surface area contributed by atoms with Crippen LogP contribution in [0.25, 0.3) is 0 Å². The van der Waals surface area contributed by atoms with Crippen molar-refractivity contribution in [1.82, 2.24) is 0 Å². The van der Waals surface area contributed by atoms with E-state index in [4.69, 9.17) is 4.74 Å². The maximum Gasteiger partial charge on any atom is 0.0879 e. The first-order valence-corrected chi connectivity index (χ1v) is 3.50. The number of hydrogen-bond donors (Lipinski definition) is 0. The molecule has 0 amide bonds. The summed E-state index contributed by atoms with van der Waals surface area (Å²) in [6, 6.07) is 0. The van der Waals surface area contributed by atoms with Gasteiger partial charge in [0.1, 0.15) is 0 Å². The molecule has 10 heavy (non-hydrogen) atoms. The van der Waals surface area contributed by atoms with Gasteiger partial charge in [-0.05, 0) is 19.9 Å². The highest BCUT2D eigenvalue weighted by molar-refractivity contribution is 5.95. The van der Waals surface area contributed by atoms with Gasteiger partial charge in [-0.15, -0.1) is 0 Å². The summed E-state index contributed by atoms with van der Waals surface area (Å²) in [4.78, 5) is 4.21. The molecule has 0 aliphatic carbocycles. The summed E-state index contributed by atoms with van der Waals surface area (Å²) >= 11 is 0. The molecular weight excluding hydrogens is 126 g/mol. The number of methoxy groups -OCH3 is 1. The number of rotatable bonds is 4. The van der Waals surface area contributed by atoms with Gasteiger partial charge in [0.25, 0.3) is 0 Å². The fraction of sp³-hybridized carbons (Fsp3) is 0.625. The van der Waals surface area contributed by atoms with Crippen LogP contribution < -0.4 is 0 Å². The Kier molecular flexibility index (Phi) is 6.08. The lowest BCUT2D eigenvalue weighted by molar-refractivity contribution is 0.245. The zero-order chi connectivity index (χ0) is 7.82. The van der Waals surface area contributed by atoms with Gasteiger partial charge in [-0.25, -0.2) is 0 Å². The Morgan fingerprint density at radius 1 is 1.60 bits per heavy atom. The monoisotopic (exact) mass is 141 g/mol. The Balaban J connectivity index is 3.84. The SMILES string of the molecule is C/C=C\C(COC)=NCC. The van der Waals surface area contributed by atoms with Gasteiger partial charge < -0.3 is 4.74 Å². The largest absolute Gasteiger partial charge is 0.378 e. The van der Waals surface area contributed by atoms with Crippen LogP contribution in [0.1, 0.15) is 13.8 Å². The summed E-state index contributed by atoms with van der Waals surface area (Å²) in [5.41, 5.74) is 1.01. The van der Waals surface area contributed by atoms with Crippen molar-refractivity contribution in [2.75, 3.05) is 20.3 Å². The highest BCUT2D eigenvalue weighted by atomic mass is 16.5. The second kappa shape index (κ2) is 6.49. The third-order valence-corrected chi connectivity index (χ3v) is 1.01. The predicted molar refractivity (Wildman–Crippen MR) is 44.7 cm³/mol. The van der Waals surface area contributed by atoms with Crippen molar-refractivity contribution in [2.45, 2.75) is 13.8 Å². The molecule has 2 nitrogen and oxygen atoms in total. The van der Waals surface area contributed by atoms with Crippen molar-refractivity contribution in [1.29, 1.82) is 0 Å². The van der Waals surface area contributed by atoms with E-state index in [-0.39, 0.29) is 0 Å². The van der Waals surface area contributed by atoms with Gasteiger partial charge in [-0.3, -0.25) is 4.99 Å². The number of hydrogen-bond acceptors (Lipinski definition) is 2. The molecule has 0 saturated heterocycles. The minimum atomic E-state index is 0.609. The molecule has 0 saturated carbocycles. The quantitative estimate of drug-likeness (QED) is 0.546. The van der Waals surface area contributed by atoms with E-state index in [1.165, 1.54) is 0 Å². The summed E-state index contributed by atoms with van der Waals surface area (Å²) in [5, 5.41) is 0. The number of nitrogens with zero attached hydrogens (tertiary/aromatic N) is 1. The van der Waals surface area contributed by atoms with E-state index in [0.29, 0.717) is 6.61 Å².